The highest BCUT2D eigenvalue weighted by Crippen LogP contribution is 2.23. The lowest BCUT2D eigenvalue weighted by Crippen LogP contribution is -2.50. The molecule has 1 saturated heterocycles. The zero-order valence-corrected chi connectivity index (χ0v) is 13.9. The summed E-state index contributed by atoms with van der Waals surface area (Å²) in [5.74, 6) is 1.25. The first-order valence-corrected chi connectivity index (χ1v) is 8.23. The topological polar surface area (TPSA) is 76.8 Å². The maximum absolute atomic E-state index is 12.1. The van der Waals surface area contributed by atoms with Gasteiger partial charge < -0.3 is 4.90 Å². The van der Waals surface area contributed by atoms with Crippen molar-refractivity contribution in [2.75, 3.05) is 18.0 Å². The van der Waals surface area contributed by atoms with Gasteiger partial charge >= 0.3 is 0 Å². The summed E-state index contributed by atoms with van der Waals surface area (Å²) in [5, 5.41) is 12.8. The molecule has 0 saturated carbocycles. The molecule has 0 radical (unpaired) electrons. The van der Waals surface area contributed by atoms with E-state index in [2.05, 4.69) is 25.2 Å². The van der Waals surface area contributed by atoms with Crippen molar-refractivity contribution in [2.45, 2.75) is 13.5 Å². The van der Waals surface area contributed by atoms with Crippen LogP contribution >= 0.6 is 0 Å². The summed E-state index contributed by atoms with van der Waals surface area (Å²) < 4.78 is 1.55. The van der Waals surface area contributed by atoms with Crippen LogP contribution in [0.3, 0.4) is 0 Å². The summed E-state index contributed by atoms with van der Waals surface area (Å²) in [4.78, 5) is 18.4. The van der Waals surface area contributed by atoms with Gasteiger partial charge in [-0.05, 0) is 37.3 Å². The van der Waals surface area contributed by atoms with Crippen LogP contribution in [0.4, 0.5) is 5.82 Å². The van der Waals surface area contributed by atoms with Crippen LogP contribution in [-0.2, 0) is 6.54 Å². The van der Waals surface area contributed by atoms with Crippen LogP contribution in [0.1, 0.15) is 5.69 Å². The number of aryl methyl sites for hydroxylation is 1. The molecule has 4 rings (SSSR count). The molecule has 3 aromatic heterocycles. The minimum atomic E-state index is -0.0822. The van der Waals surface area contributed by atoms with Crippen molar-refractivity contribution in [3.8, 4) is 11.3 Å². The van der Waals surface area contributed by atoms with Gasteiger partial charge in [-0.3, -0.25) is 9.78 Å². The number of pyridine rings is 1. The number of rotatable bonds is 4. The van der Waals surface area contributed by atoms with Crippen LogP contribution in [0.15, 0.2) is 53.6 Å². The number of hydrogen-bond acceptors (Lipinski definition) is 6. The molecular weight excluding hydrogens is 316 g/mol. The fourth-order valence-corrected chi connectivity index (χ4v) is 2.93. The average molecular weight is 334 g/mol. The number of anilines is 1. The molecule has 1 aliphatic heterocycles. The normalized spacial score (nSPS) is 14.4. The standard InChI is InChI=1S/C18H18N6O/c1-13-4-6-17(21-20-13)23-10-14(11-23)12-24-18(25)7-5-16(22-24)15-3-2-8-19-9-15/h2-9,14H,10-12H2,1H3. The van der Waals surface area contributed by atoms with Crippen molar-refractivity contribution in [1.82, 2.24) is 25.0 Å². The molecule has 0 amide bonds. The fraction of sp³-hybridized carbons (Fsp3) is 0.278. The third-order valence-electron chi connectivity index (χ3n) is 4.32. The quantitative estimate of drug-likeness (QED) is 0.720. The lowest BCUT2D eigenvalue weighted by molar-refractivity contribution is 0.333. The van der Waals surface area contributed by atoms with E-state index >= 15 is 0 Å². The Balaban J connectivity index is 1.45. The van der Waals surface area contributed by atoms with E-state index in [-0.39, 0.29) is 5.56 Å². The number of hydrogen-bond donors (Lipinski definition) is 0. The maximum Gasteiger partial charge on any atom is 0.266 e. The summed E-state index contributed by atoms with van der Waals surface area (Å²) in [7, 11) is 0. The molecule has 0 aromatic carbocycles. The molecule has 0 N–H and O–H groups in total. The lowest BCUT2D eigenvalue weighted by atomic mass is 10.0. The first-order valence-electron chi connectivity index (χ1n) is 8.23. The smallest absolute Gasteiger partial charge is 0.266 e. The van der Waals surface area contributed by atoms with Crippen LogP contribution in [0.5, 0.6) is 0 Å². The molecule has 25 heavy (non-hydrogen) atoms. The van der Waals surface area contributed by atoms with Crippen LogP contribution < -0.4 is 10.5 Å². The van der Waals surface area contributed by atoms with E-state index in [4.69, 9.17) is 0 Å². The summed E-state index contributed by atoms with van der Waals surface area (Å²) in [6, 6.07) is 11.0. The Hall–Kier alpha value is -3.09. The Morgan fingerprint density at radius 1 is 1.12 bits per heavy atom. The van der Waals surface area contributed by atoms with Crippen LogP contribution in [0, 0.1) is 12.8 Å². The zero-order valence-electron chi connectivity index (χ0n) is 13.9. The van der Waals surface area contributed by atoms with E-state index in [1.165, 1.54) is 0 Å². The molecule has 7 nitrogen and oxygen atoms in total. The van der Waals surface area contributed by atoms with Gasteiger partial charge in [0, 0.05) is 43.0 Å². The summed E-state index contributed by atoms with van der Waals surface area (Å²) in [5.41, 5.74) is 2.49. The van der Waals surface area contributed by atoms with Crippen LogP contribution in [0.2, 0.25) is 0 Å². The van der Waals surface area contributed by atoms with E-state index in [0.717, 1.165) is 35.9 Å². The highest BCUT2D eigenvalue weighted by molar-refractivity contribution is 5.56. The van der Waals surface area contributed by atoms with Crippen LogP contribution in [-0.4, -0.2) is 38.1 Å². The average Bonchev–Trinajstić information content (AvgIpc) is 2.61. The monoisotopic (exact) mass is 334 g/mol. The van der Waals surface area contributed by atoms with Gasteiger partial charge in [0.1, 0.15) is 0 Å². The number of nitrogens with zero attached hydrogens (tertiary/aromatic N) is 6. The molecule has 4 heterocycles. The van der Waals surface area contributed by atoms with E-state index < -0.39 is 0 Å². The first kappa shape index (κ1) is 15.4. The molecule has 1 aliphatic rings. The second kappa shape index (κ2) is 6.43. The van der Waals surface area contributed by atoms with Crippen molar-refractivity contribution in [2.24, 2.45) is 5.92 Å². The molecule has 1 fully saturated rings. The minimum Gasteiger partial charge on any atom is -0.354 e. The lowest BCUT2D eigenvalue weighted by Gasteiger charge is -2.39. The van der Waals surface area contributed by atoms with Gasteiger partial charge in [-0.1, -0.05) is 0 Å². The van der Waals surface area contributed by atoms with Crippen molar-refractivity contribution in [3.63, 3.8) is 0 Å². The Kier molecular flexibility index (Phi) is 3.97. The molecule has 126 valence electrons. The molecule has 7 heteroatoms. The van der Waals surface area contributed by atoms with Crippen molar-refractivity contribution in [1.29, 1.82) is 0 Å². The highest BCUT2D eigenvalue weighted by Gasteiger charge is 2.28. The largest absolute Gasteiger partial charge is 0.354 e. The maximum atomic E-state index is 12.1. The van der Waals surface area contributed by atoms with Gasteiger partial charge in [0.05, 0.1) is 17.9 Å². The van der Waals surface area contributed by atoms with Gasteiger partial charge in [0.25, 0.3) is 5.56 Å². The summed E-state index contributed by atoms with van der Waals surface area (Å²) in [6.07, 6.45) is 3.47. The van der Waals surface area contributed by atoms with E-state index in [0.29, 0.717) is 12.5 Å². The van der Waals surface area contributed by atoms with Gasteiger partial charge in [0.15, 0.2) is 5.82 Å². The Bertz CT molecular complexity index is 916. The third-order valence-corrected chi connectivity index (χ3v) is 4.32. The van der Waals surface area contributed by atoms with Gasteiger partial charge in [-0.2, -0.15) is 10.2 Å². The molecule has 0 spiro atoms. The van der Waals surface area contributed by atoms with Crippen molar-refractivity contribution in [3.05, 3.63) is 64.8 Å². The first-order chi connectivity index (χ1) is 12.2. The molecule has 0 aliphatic carbocycles. The molecule has 0 bridgehead atoms. The van der Waals surface area contributed by atoms with Gasteiger partial charge in [0.2, 0.25) is 0 Å². The van der Waals surface area contributed by atoms with Crippen LogP contribution in [0.25, 0.3) is 11.3 Å². The fourth-order valence-electron chi connectivity index (χ4n) is 2.93. The Morgan fingerprint density at radius 2 is 2.00 bits per heavy atom. The Morgan fingerprint density at radius 3 is 2.72 bits per heavy atom. The van der Waals surface area contributed by atoms with Gasteiger partial charge in [-0.25, -0.2) is 4.68 Å². The zero-order chi connectivity index (χ0) is 17.2. The minimum absolute atomic E-state index is 0.0822. The van der Waals surface area contributed by atoms with E-state index in [9.17, 15) is 4.79 Å². The molecular formula is C18H18N6O. The molecule has 0 atom stereocenters. The summed E-state index contributed by atoms with van der Waals surface area (Å²) in [6.45, 7) is 4.22. The van der Waals surface area contributed by atoms with Gasteiger partial charge in [-0.15, -0.1) is 5.10 Å². The second-order valence-corrected chi connectivity index (χ2v) is 6.28. The van der Waals surface area contributed by atoms with Crippen molar-refractivity contribution >= 4 is 5.82 Å². The van der Waals surface area contributed by atoms with E-state index in [1.807, 2.05) is 31.2 Å². The Labute approximate surface area is 145 Å². The third kappa shape index (κ3) is 3.26. The van der Waals surface area contributed by atoms with E-state index in [1.54, 1.807) is 29.2 Å². The molecule has 3 aromatic rings. The molecule has 0 unspecified atom stereocenters. The second-order valence-electron chi connectivity index (χ2n) is 6.28. The highest BCUT2D eigenvalue weighted by atomic mass is 16.1. The number of aromatic nitrogens is 5. The predicted molar refractivity (Wildman–Crippen MR) is 94.2 cm³/mol. The van der Waals surface area contributed by atoms with Crippen molar-refractivity contribution < 1.29 is 0 Å². The summed E-state index contributed by atoms with van der Waals surface area (Å²) >= 11 is 0. The predicted octanol–water partition coefficient (Wildman–Crippen LogP) is 1.54. The SMILES string of the molecule is Cc1ccc(N2CC(Cn3nc(-c4cccnc4)ccc3=O)C2)nn1.